The van der Waals surface area contributed by atoms with E-state index in [1.807, 2.05) is 6.92 Å². The monoisotopic (exact) mass is 307 g/mol. The molecular formula is C9H14BrN3O2S. The van der Waals surface area contributed by atoms with Crippen LogP contribution in [0.4, 0.5) is 5.82 Å². The second kappa shape index (κ2) is 5.58. The van der Waals surface area contributed by atoms with Gasteiger partial charge in [0.25, 0.3) is 0 Å². The molecule has 0 spiro atoms. The molecule has 0 amide bonds. The molecule has 0 saturated heterocycles. The Morgan fingerprint density at radius 2 is 2.19 bits per heavy atom. The Balaban J connectivity index is 2.89. The Morgan fingerprint density at radius 3 is 2.75 bits per heavy atom. The number of aromatic nitrogens is 2. The molecule has 5 nitrogen and oxygen atoms in total. The fourth-order valence-electron chi connectivity index (χ4n) is 1.08. The summed E-state index contributed by atoms with van der Waals surface area (Å²) >= 11 is 3.30. The van der Waals surface area contributed by atoms with Crippen LogP contribution in [-0.2, 0) is 15.6 Å². The smallest absolute Gasteiger partial charge is 0.154 e. The minimum absolute atomic E-state index is 0.138. The highest BCUT2D eigenvalue weighted by molar-refractivity contribution is 9.10. The number of anilines is 1. The van der Waals surface area contributed by atoms with Crippen molar-refractivity contribution in [1.82, 2.24) is 9.97 Å². The number of nitrogens with one attached hydrogen (secondary N) is 1. The van der Waals surface area contributed by atoms with Gasteiger partial charge >= 0.3 is 0 Å². The van der Waals surface area contributed by atoms with Gasteiger partial charge in [-0.15, -0.1) is 0 Å². The van der Waals surface area contributed by atoms with Gasteiger partial charge in [0.2, 0.25) is 0 Å². The molecule has 90 valence electrons. The summed E-state index contributed by atoms with van der Waals surface area (Å²) in [5.41, 5.74) is 0. The van der Waals surface area contributed by atoms with Gasteiger partial charge in [0.15, 0.2) is 9.84 Å². The van der Waals surface area contributed by atoms with Gasteiger partial charge in [0.05, 0.1) is 4.47 Å². The van der Waals surface area contributed by atoms with Crippen molar-refractivity contribution in [2.75, 3.05) is 18.1 Å². The lowest BCUT2D eigenvalue weighted by atomic mass is 10.4. The standard InChI is InChI=1S/C9H14BrN3O2S/c1-3-4-11-9-7(10)5-12-8(13-9)6-16(2,14)15/h5H,3-4,6H2,1-2H3,(H,11,12,13). The maximum absolute atomic E-state index is 11.1. The van der Waals surface area contributed by atoms with E-state index in [0.29, 0.717) is 11.6 Å². The quantitative estimate of drug-likeness (QED) is 0.894. The number of rotatable bonds is 5. The van der Waals surface area contributed by atoms with E-state index in [9.17, 15) is 8.42 Å². The maximum Gasteiger partial charge on any atom is 0.154 e. The molecule has 1 aromatic heterocycles. The van der Waals surface area contributed by atoms with Gasteiger partial charge in [-0.2, -0.15) is 0 Å². The van der Waals surface area contributed by atoms with Gasteiger partial charge in [-0.3, -0.25) is 0 Å². The first-order valence-electron chi connectivity index (χ1n) is 4.85. The Morgan fingerprint density at radius 1 is 1.50 bits per heavy atom. The largest absolute Gasteiger partial charge is 0.369 e. The van der Waals surface area contributed by atoms with Crippen molar-refractivity contribution >= 4 is 31.6 Å². The lowest BCUT2D eigenvalue weighted by Crippen LogP contribution is -2.09. The number of nitrogens with zero attached hydrogens (tertiary/aromatic N) is 2. The van der Waals surface area contributed by atoms with Gasteiger partial charge in [-0.25, -0.2) is 18.4 Å². The summed E-state index contributed by atoms with van der Waals surface area (Å²) in [6.07, 6.45) is 3.70. The van der Waals surface area contributed by atoms with Gasteiger partial charge in [-0.05, 0) is 22.4 Å². The molecule has 0 aliphatic carbocycles. The molecule has 1 rings (SSSR count). The van der Waals surface area contributed by atoms with Crippen LogP contribution in [0.5, 0.6) is 0 Å². The molecule has 0 aromatic carbocycles. The van der Waals surface area contributed by atoms with Crippen molar-refractivity contribution in [3.63, 3.8) is 0 Å². The van der Waals surface area contributed by atoms with E-state index in [0.717, 1.165) is 23.7 Å². The zero-order valence-electron chi connectivity index (χ0n) is 9.20. The summed E-state index contributed by atoms with van der Waals surface area (Å²) in [5, 5.41) is 3.10. The number of hydrogen-bond acceptors (Lipinski definition) is 5. The number of hydrogen-bond donors (Lipinski definition) is 1. The summed E-state index contributed by atoms with van der Waals surface area (Å²) in [4.78, 5) is 8.10. The highest BCUT2D eigenvalue weighted by atomic mass is 79.9. The van der Waals surface area contributed by atoms with Crippen LogP contribution in [0.1, 0.15) is 19.2 Å². The molecule has 0 bridgehead atoms. The lowest BCUT2D eigenvalue weighted by molar-refractivity contribution is 0.599. The van der Waals surface area contributed by atoms with Crippen LogP contribution in [-0.4, -0.2) is 31.2 Å². The molecule has 1 aromatic rings. The van der Waals surface area contributed by atoms with Crippen molar-refractivity contribution in [3.05, 3.63) is 16.5 Å². The van der Waals surface area contributed by atoms with Gasteiger partial charge in [-0.1, -0.05) is 6.92 Å². The fourth-order valence-corrected chi connectivity index (χ4v) is 2.01. The molecule has 0 aliphatic heterocycles. The van der Waals surface area contributed by atoms with Crippen LogP contribution in [0, 0.1) is 0 Å². The zero-order valence-corrected chi connectivity index (χ0v) is 11.6. The third-order valence-electron chi connectivity index (χ3n) is 1.73. The van der Waals surface area contributed by atoms with Crippen molar-refractivity contribution in [3.8, 4) is 0 Å². The average Bonchev–Trinajstić information content (AvgIpc) is 2.17. The van der Waals surface area contributed by atoms with E-state index in [-0.39, 0.29) is 5.75 Å². The summed E-state index contributed by atoms with van der Waals surface area (Å²) in [6.45, 7) is 2.83. The summed E-state index contributed by atoms with van der Waals surface area (Å²) in [7, 11) is -3.10. The van der Waals surface area contributed by atoms with Crippen molar-refractivity contribution in [1.29, 1.82) is 0 Å². The molecule has 0 radical (unpaired) electrons. The number of sulfone groups is 1. The zero-order chi connectivity index (χ0) is 12.2. The third kappa shape index (κ3) is 4.44. The lowest BCUT2D eigenvalue weighted by Gasteiger charge is -2.07. The van der Waals surface area contributed by atoms with E-state index >= 15 is 0 Å². The molecule has 1 heterocycles. The molecule has 0 unspecified atom stereocenters. The van der Waals surface area contributed by atoms with E-state index in [1.54, 1.807) is 6.20 Å². The normalized spacial score (nSPS) is 11.4. The minimum Gasteiger partial charge on any atom is -0.369 e. The Hall–Kier alpha value is -0.690. The molecule has 0 saturated carbocycles. The first-order chi connectivity index (χ1) is 7.42. The van der Waals surface area contributed by atoms with Crippen molar-refractivity contribution in [2.24, 2.45) is 0 Å². The van der Waals surface area contributed by atoms with Crippen LogP contribution >= 0.6 is 15.9 Å². The predicted octanol–water partition coefficient (Wildman–Crippen LogP) is 1.61. The minimum atomic E-state index is -3.10. The van der Waals surface area contributed by atoms with Crippen LogP contribution in [0.15, 0.2) is 10.7 Å². The first kappa shape index (κ1) is 13.4. The second-order valence-electron chi connectivity index (χ2n) is 3.48. The molecule has 0 atom stereocenters. The second-order valence-corrected chi connectivity index (χ2v) is 6.47. The molecule has 16 heavy (non-hydrogen) atoms. The molecule has 0 aliphatic rings. The summed E-state index contributed by atoms with van der Waals surface area (Å²) < 4.78 is 22.9. The summed E-state index contributed by atoms with van der Waals surface area (Å²) in [6, 6.07) is 0. The van der Waals surface area contributed by atoms with Crippen LogP contribution in [0.3, 0.4) is 0 Å². The van der Waals surface area contributed by atoms with Gasteiger partial charge in [0.1, 0.15) is 17.4 Å². The maximum atomic E-state index is 11.1. The van der Waals surface area contributed by atoms with Crippen LogP contribution < -0.4 is 5.32 Å². The third-order valence-corrected chi connectivity index (χ3v) is 3.09. The van der Waals surface area contributed by atoms with Gasteiger partial charge in [0, 0.05) is 19.0 Å². The number of halogens is 1. The molecule has 0 fully saturated rings. The topological polar surface area (TPSA) is 72.0 Å². The van der Waals surface area contributed by atoms with Crippen molar-refractivity contribution in [2.45, 2.75) is 19.1 Å². The predicted molar refractivity (Wildman–Crippen MR) is 67.1 cm³/mol. The van der Waals surface area contributed by atoms with E-state index < -0.39 is 9.84 Å². The highest BCUT2D eigenvalue weighted by Gasteiger charge is 2.09. The van der Waals surface area contributed by atoms with Crippen LogP contribution in [0.2, 0.25) is 0 Å². The summed E-state index contributed by atoms with van der Waals surface area (Å²) in [5.74, 6) is 0.806. The molecule has 1 N–H and O–H groups in total. The SMILES string of the molecule is CCCNc1nc(CS(C)(=O)=O)ncc1Br. The fraction of sp³-hybridized carbons (Fsp3) is 0.556. The first-order valence-corrected chi connectivity index (χ1v) is 7.70. The Kier molecular flexibility index (Phi) is 4.67. The van der Waals surface area contributed by atoms with E-state index in [1.165, 1.54) is 0 Å². The molecular weight excluding hydrogens is 294 g/mol. The Bertz CT molecular complexity index is 462. The van der Waals surface area contributed by atoms with Crippen molar-refractivity contribution < 1.29 is 8.42 Å². The Labute approximate surface area is 104 Å². The van der Waals surface area contributed by atoms with Gasteiger partial charge < -0.3 is 5.32 Å². The average molecular weight is 308 g/mol. The van der Waals surface area contributed by atoms with E-state index in [4.69, 9.17) is 0 Å². The molecule has 7 heteroatoms. The van der Waals surface area contributed by atoms with Crippen LogP contribution in [0.25, 0.3) is 0 Å². The highest BCUT2D eigenvalue weighted by Crippen LogP contribution is 2.18. The van der Waals surface area contributed by atoms with E-state index in [2.05, 4.69) is 31.2 Å².